The Morgan fingerprint density at radius 3 is 2.55 bits per heavy atom. The summed E-state index contributed by atoms with van der Waals surface area (Å²) in [5.41, 5.74) is 1.86. The molecule has 1 saturated heterocycles. The normalized spacial score (nSPS) is 22.4. The van der Waals surface area contributed by atoms with E-state index in [1.165, 1.54) is 6.92 Å². The zero-order valence-electron chi connectivity index (χ0n) is 12.4. The molecule has 5 nitrogen and oxygen atoms in total. The number of aromatic amines is 1. The first kappa shape index (κ1) is 14.5. The quantitative estimate of drug-likeness (QED) is 0.766. The number of pyridine rings is 1. The number of ketones is 1. The number of carbonyl (C=O) groups is 1. The molecule has 2 atom stereocenters. The molecule has 0 radical (unpaired) electrons. The van der Waals surface area contributed by atoms with E-state index in [0.29, 0.717) is 11.1 Å². The second-order valence-electron chi connectivity index (χ2n) is 5.40. The lowest BCUT2D eigenvalue weighted by atomic mass is 10.1. The van der Waals surface area contributed by atoms with Crippen molar-refractivity contribution in [2.75, 3.05) is 18.0 Å². The number of nitrogens with one attached hydrogen (secondary N) is 1. The first-order valence-corrected chi connectivity index (χ1v) is 6.80. The molecule has 1 N–H and O–H groups in total. The van der Waals surface area contributed by atoms with Crippen LogP contribution in [0.1, 0.15) is 42.4 Å². The first-order chi connectivity index (χ1) is 9.42. The van der Waals surface area contributed by atoms with Crippen molar-refractivity contribution in [3.05, 3.63) is 22.9 Å². The Morgan fingerprint density at radius 2 is 2.05 bits per heavy atom. The van der Waals surface area contributed by atoms with Gasteiger partial charge in [-0.05, 0) is 33.8 Å². The number of aromatic nitrogens is 1. The summed E-state index contributed by atoms with van der Waals surface area (Å²) in [5.74, 6) is 0.738. The highest BCUT2D eigenvalue weighted by Gasteiger charge is 2.31. The average molecular weight is 274 g/mol. The van der Waals surface area contributed by atoms with Gasteiger partial charge in [0.25, 0.3) is 5.82 Å². The number of hydrogen-bond donors (Lipinski definition) is 0. The van der Waals surface area contributed by atoms with Crippen LogP contribution in [0, 0.1) is 18.3 Å². The Hall–Kier alpha value is -1.93. The van der Waals surface area contributed by atoms with Gasteiger partial charge in [-0.25, -0.2) is 4.98 Å². The topological polar surface area (TPSA) is 67.5 Å². The molecule has 0 spiro atoms. The van der Waals surface area contributed by atoms with Gasteiger partial charge >= 0.3 is 0 Å². The zero-order chi connectivity index (χ0) is 14.9. The number of Topliss-reactive ketones (excluding diaryl/α,β-unsaturated/α-hetero) is 1. The molecule has 0 aliphatic carbocycles. The number of morpholine rings is 1. The molecule has 0 unspecified atom stereocenters. The van der Waals surface area contributed by atoms with Gasteiger partial charge in [0.1, 0.15) is 30.4 Å². The predicted octanol–water partition coefficient (Wildman–Crippen LogP) is 1.50. The van der Waals surface area contributed by atoms with E-state index in [0.717, 1.165) is 24.6 Å². The second kappa shape index (κ2) is 5.59. The summed E-state index contributed by atoms with van der Waals surface area (Å²) in [6.45, 7) is 8.87. The van der Waals surface area contributed by atoms with Crippen molar-refractivity contribution in [2.24, 2.45) is 0 Å². The fourth-order valence-electron chi connectivity index (χ4n) is 2.69. The summed E-state index contributed by atoms with van der Waals surface area (Å²) in [5, 5.41) is 9.34. The highest BCUT2D eigenvalue weighted by atomic mass is 16.5. The number of aryl methyl sites for hydroxylation is 1. The molecule has 1 aromatic heterocycles. The maximum Gasteiger partial charge on any atom is 0.292 e. The zero-order valence-corrected chi connectivity index (χ0v) is 12.4. The standard InChI is InChI=1S/C15H19N3O2/c1-9-7-18(8-10(2)20-9)15-13(6-16)5-14(12(4)19)11(3)17-15/h5,9-10H,7-8H2,1-4H3/p+1/t9-,10-/m0/s1. The molecule has 1 aromatic rings. The number of H-pyrrole nitrogens is 1. The molecule has 2 rings (SSSR count). The molecular formula is C15H20N3O2+. The lowest BCUT2D eigenvalue weighted by Gasteiger charge is -2.31. The van der Waals surface area contributed by atoms with Gasteiger partial charge in [0.2, 0.25) is 0 Å². The molecule has 20 heavy (non-hydrogen) atoms. The van der Waals surface area contributed by atoms with Crippen LogP contribution in [0.3, 0.4) is 0 Å². The third kappa shape index (κ3) is 2.81. The smallest absolute Gasteiger partial charge is 0.292 e. The predicted molar refractivity (Wildman–Crippen MR) is 74.7 cm³/mol. The first-order valence-electron chi connectivity index (χ1n) is 6.80. The van der Waals surface area contributed by atoms with Gasteiger partial charge in [-0.15, -0.1) is 0 Å². The molecule has 1 fully saturated rings. The third-order valence-corrected chi connectivity index (χ3v) is 3.49. The number of nitriles is 1. The average Bonchev–Trinajstić information content (AvgIpc) is 2.36. The highest BCUT2D eigenvalue weighted by molar-refractivity contribution is 5.95. The van der Waals surface area contributed by atoms with E-state index in [9.17, 15) is 10.1 Å². The lowest BCUT2D eigenvalue weighted by Crippen LogP contribution is -2.48. The Morgan fingerprint density at radius 1 is 1.45 bits per heavy atom. The number of hydrogen-bond acceptors (Lipinski definition) is 4. The molecule has 106 valence electrons. The van der Waals surface area contributed by atoms with Gasteiger partial charge in [-0.1, -0.05) is 0 Å². The monoisotopic (exact) mass is 274 g/mol. The summed E-state index contributed by atoms with van der Waals surface area (Å²) >= 11 is 0. The highest BCUT2D eigenvalue weighted by Crippen LogP contribution is 2.21. The molecule has 5 heteroatoms. The molecule has 0 amide bonds. The number of nitrogens with zero attached hydrogens (tertiary/aromatic N) is 2. The van der Waals surface area contributed by atoms with Gasteiger partial charge in [0.05, 0.1) is 17.8 Å². The Kier molecular flexibility index (Phi) is 4.05. The summed E-state index contributed by atoms with van der Waals surface area (Å²) in [6.07, 6.45) is 0.234. The molecule has 2 heterocycles. The van der Waals surface area contributed by atoms with Crippen LogP contribution in [0.25, 0.3) is 0 Å². The maximum atomic E-state index is 11.6. The Balaban J connectivity index is 2.44. The maximum absolute atomic E-state index is 11.6. The number of anilines is 1. The van der Waals surface area contributed by atoms with Gasteiger partial charge in [-0.3, -0.25) is 9.69 Å². The van der Waals surface area contributed by atoms with Crippen molar-refractivity contribution in [3.8, 4) is 6.07 Å². The van der Waals surface area contributed by atoms with Crippen LogP contribution in [-0.4, -0.2) is 31.1 Å². The third-order valence-electron chi connectivity index (χ3n) is 3.49. The van der Waals surface area contributed by atoms with Gasteiger partial charge in [-0.2, -0.15) is 5.26 Å². The van der Waals surface area contributed by atoms with Crippen LogP contribution in [0.4, 0.5) is 5.82 Å². The number of ether oxygens (including phenoxy) is 1. The SMILES string of the molecule is CC(=O)c1cc(C#N)c(N2C[C@H](C)O[C@@H](C)C2)[nH+]c1C. The van der Waals surface area contributed by atoms with E-state index in [4.69, 9.17) is 4.74 Å². The molecule has 0 aromatic carbocycles. The van der Waals surface area contributed by atoms with Gasteiger partial charge < -0.3 is 4.74 Å². The Bertz CT molecular complexity index is 567. The van der Waals surface area contributed by atoms with Crippen molar-refractivity contribution in [2.45, 2.75) is 39.9 Å². The van der Waals surface area contributed by atoms with Gasteiger partial charge in [0.15, 0.2) is 5.78 Å². The summed E-state index contributed by atoms with van der Waals surface area (Å²) in [6, 6.07) is 3.85. The van der Waals surface area contributed by atoms with Crippen molar-refractivity contribution in [3.63, 3.8) is 0 Å². The van der Waals surface area contributed by atoms with E-state index in [-0.39, 0.29) is 18.0 Å². The summed E-state index contributed by atoms with van der Waals surface area (Å²) in [4.78, 5) is 16.9. The van der Waals surface area contributed by atoms with Crippen molar-refractivity contribution in [1.29, 1.82) is 5.26 Å². The Labute approximate surface area is 119 Å². The summed E-state index contributed by atoms with van der Waals surface area (Å²) < 4.78 is 5.71. The lowest BCUT2D eigenvalue weighted by molar-refractivity contribution is -0.375. The van der Waals surface area contributed by atoms with Crippen molar-refractivity contribution >= 4 is 11.6 Å². The second-order valence-corrected chi connectivity index (χ2v) is 5.40. The van der Waals surface area contributed by atoms with Crippen molar-refractivity contribution < 1.29 is 14.5 Å². The van der Waals surface area contributed by atoms with E-state index in [1.54, 1.807) is 6.07 Å². The van der Waals surface area contributed by atoms with Crippen LogP contribution in [-0.2, 0) is 4.74 Å². The molecule has 1 aliphatic heterocycles. The van der Waals surface area contributed by atoms with Crippen LogP contribution in [0.5, 0.6) is 0 Å². The fourth-order valence-corrected chi connectivity index (χ4v) is 2.69. The van der Waals surface area contributed by atoms with Crippen LogP contribution >= 0.6 is 0 Å². The minimum atomic E-state index is -0.0366. The molecule has 1 aliphatic rings. The molecule has 0 saturated carbocycles. The van der Waals surface area contributed by atoms with Crippen LogP contribution in [0.2, 0.25) is 0 Å². The molecule has 0 bridgehead atoms. The fraction of sp³-hybridized carbons (Fsp3) is 0.533. The van der Waals surface area contributed by atoms with E-state index in [1.807, 2.05) is 20.8 Å². The van der Waals surface area contributed by atoms with E-state index < -0.39 is 0 Å². The van der Waals surface area contributed by atoms with E-state index in [2.05, 4.69) is 16.0 Å². The molecular weight excluding hydrogens is 254 g/mol. The summed E-state index contributed by atoms with van der Waals surface area (Å²) in [7, 11) is 0. The van der Waals surface area contributed by atoms with Crippen LogP contribution in [0.15, 0.2) is 6.07 Å². The number of rotatable bonds is 2. The minimum absolute atomic E-state index is 0.0366. The minimum Gasteiger partial charge on any atom is -0.367 e. The van der Waals surface area contributed by atoms with Crippen LogP contribution < -0.4 is 9.88 Å². The number of carbonyl (C=O) groups excluding carboxylic acids is 1. The van der Waals surface area contributed by atoms with Gasteiger partial charge in [0, 0.05) is 0 Å². The largest absolute Gasteiger partial charge is 0.367 e. The van der Waals surface area contributed by atoms with Crippen molar-refractivity contribution in [1.82, 2.24) is 0 Å². The van der Waals surface area contributed by atoms with E-state index >= 15 is 0 Å².